The molecule has 0 spiro atoms. The van der Waals surface area contributed by atoms with E-state index in [1.807, 2.05) is 79.9 Å². The molecule has 5 nitrogen and oxygen atoms in total. The van der Waals surface area contributed by atoms with Crippen LogP contribution in [-0.4, -0.2) is 22.2 Å². The van der Waals surface area contributed by atoms with Crippen molar-refractivity contribution in [3.8, 4) is 84.3 Å². The van der Waals surface area contributed by atoms with Gasteiger partial charge in [-0.3, -0.25) is 4.57 Å². The number of ether oxygens (including phenoxy) is 1. The van der Waals surface area contributed by atoms with Gasteiger partial charge in [-0.25, -0.2) is 4.98 Å². The predicted molar refractivity (Wildman–Crippen MR) is 400 cm³/mol. The fourth-order valence-electron chi connectivity index (χ4n) is 13.2. The van der Waals surface area contributed by atoms with Crippen molar-refractivity contribution in [2.75, 3.05) is 0 Å². The zero-order chi connectivity index (χ0) is 90.5. The molecule has 0 unspecified atom stereocenters. The molecule has 0 amide bonds. The maximum atomic E-state index is 10.4. The fourth-order valence-corrected chi connectivity index (χ4v) is 17.0. The van der Waals surface area contributed by atoms with Crippen LogP contribution in [0.5, 0.6) is 11.5 Å². The van der Waals surface area contributed by atoms with Gasteiger partial charge in [0.1, 0.15) is 13.9 Å². The Balaban J connectivity index is 0.0000122. The molecule has 3 aromatic heterocycles. The number of pyridine rings is 1. The van der Waals surface area contributed by atoms with Crippen LogP contribution in [0.15, 0.2) is 279 Å². The third kappa shape index (κ3) is 11.2. The van der Waals surface area contributed by atoms with Crippen molar-refractivity contribution in [1.82, 2.24) is 14.1 Å². The van der Waals surface area contributed by atoms with Gasteiger partial charge < -0.3 is 13.9 Å². The van der Waals surface area contributed by atoms with Gasteiger partial charge in [-0.05, 0) is 178 Å². The van der Waals surface area contributed by atoms with Gasteiger partial charge in [-0.1, -0.05) is 258 Å². The molecule has 0 saturated carbocycles. The van der Waals surface area contributed by atoms with E-state index in [-0.39, 0.29) is 93.8 Å². The standard InChI is InChI=1S/C90H74N4OSi.Pt/c1-60-26-24-27-61(2)86(60)64-54-79(63-42-44-65(45-43-63)89(3,4)5)87-81(55-64)76-39-21-19-37-74(76)73-36-18-20-38-75(73)80-52-62(49-51-96(70-30-12-9-13-31-70,71-32-14-10-15-33-71)72-34-16-11-17-35-72)53-84-88(80)93(87)59-92(84)67-28-25-29-68(57-67)95-69-46-47-78-77-40-22-23-41-82(77)94(83(78)58-69)85-56-66(48-50-91-85)90(6,7)8;/h9-48,50,52-56H,49,51H2,1-8H3;/q-2;/i1D3,2D3,9D,10D,11D,12D,13D,14D,15D,16D,17D,18D,19D,20D,21D,30D,31D,32D,33D,34D,35D,36D,37D,38D,39D;. The summed E-state index contributed by atoms with van der Waals surface area (Å²) in [6, 6.07) is 21.4. The number of aryl methyl sites for hydroxylation is 3. The monoisotopic (exact) mass is 1480 g/mol. The molecule has 4 heterocycles. The molecule has 97 heavy (non-hydrogen) atoms. The summed E-state index contributed by atoms with van der Waals surface area (Å²) in [4.78, 5) is 4.86. The van der Waals surface area contributed by atoms with Crippen LogP contribution in [0.4, 0.5) is 0 Å². The third-order valence-electron chi connectivity index (χ3n) is 17.9. The van der Waals surface area contributed by atoms with Gasteiger partial charge in [0.05, 0.1) is 48.2 Å². The molecule has 1 aliphatic rings. The first-order chi connectivity index (χ1) is 58.6. The topological polar surface area (TPSA) is 35.9 Å². The van der Waals surface area contributed by atoms with E-state index in [1.165, 1.54) is 39.5 Å². The average Bonchev–Trinajstić information content (AvgIpc) is 1.60. The van der Waals surface area contributed by atoms with Crippen molar-refractivity contribution < 1.29 is 70.1 Å². The van der Waals surface area contributed by atoms with E-state index in [0.29, 0.717) is 16.9 Å². The Labute approximate surface area is 626 Å². The summed E-state index contributed by atoms with van der Waals surface area (Å²) in [6.07, 6.45) is 4.66. The van der Waals surface area contributed by atoms with Crippen LogP contribution in [-0.2, 0) is 38.3 Å². The second kappa shape index (κ2) is 25.1. The van der Waals surface area contributed by atoms with Crippen LogP contribution >= 0.6 is 0 Å². The van der Waals surface area contributed by atoms with Crippen LogP contribution < -0.4 is 24.9 Å². The number of hydrogen-bond donors (Lipinski definition) is 0. The SMILES string of the molecule is [2H]c1c([2H])c([2H])c([Si](CCc2cc3c4c(c2)n(-c2[c-]c(Oc5[c-]c6c(cc5)c5ccccc5n6-c5cc(C(C)(C)C)ccn5)ccc2)[c-][n+]4-c2c(-c4ccc(C(C)(C)C)cc4)cc(-c4c(C([2H])([2H])[2H])cccc4C([2H])([2H])[2H])cc2-c2c([2H])c([2H])c([2H])c([2H])c2-c2c([2H])c([2H])c([2H])c([2H])c2-3)(c2c([2H])c([2H])c([2H])c([2H])c2[2H])c2c([2H])c([2H])c([2H])c([2H])c2[2H])c([2H])c1[2H].[Pt]. The average molecular weight is 1480 g/mol. The van der Waals surface area contributed by atoms with E-state index in [4.69, 9.17) is 22.1 Å². The van der Waals surface area contributed by atoms with Crippen LogP contribution in [0, 0.1) is 32.2 Å². The normalized spacial score (nSPS) is 16.6. The van der Waals surface area contributed by atoms with Gasteiger partial charge in [0.2, 0.25) is 0 Å². The molecule has 0 radical (unpaired) electrons. The van der Waals surface area contributed by atoms with Crippen molar-refractivity contribution >= 4 is 56.5 Å². The molecule has 476 valence electrons. The Bertz CT molecular complexity index is 6900. The molecular weight excluding hydrogens is 1380 g/mol. The molecule has 0 bridgehead atoms. The number of benzene rings is 12. The maximum Gasteiger partial charge on any atom is 0.268 e. The third-order valence-corrected chi connectivity index (χ3v) is 22.2. The minimum atomic E-state index is -5.69. The minimum Gasteiger partial charge on any atom is -0.510 e. The fraction of sp³-hybridized carbons (Fsp3) is 0.133. The van der Waals surface area contributed by atoms with Gasteiger partial charge in [0, 0.05) is 52.5 Å². The number of hydrogen-bond acceptors (Lipinski definition) is 2. The van der Waals surface area contributed by atoms with Crippen molar-refractivity contribution in [3.63, 3.8) is 0 Å². The Morgan fingerprint density at radius 3 is 1.71 bits per heavy atom. The number of aromatic nitrogens is 4. The van der Waals surface area contributed by atoms with Crippen molar-refractivity contribution in [2.24, 2.45) is 0 Å². The first-order valence-corrected chi connectivity index (χ1v) is 33.4. The molecule has 16 rings (SSSR count). The molecule has 0 atom stereocenters. The summed E-state index contributed by atoms with van der Waals surface area (Å²) in [7, 11) is -5.69. The van der Waals surface area contributed by atoms with Gasteiger partial charge >= 0.3 is 0 Å². The molecular formula is C90H74N4OPtSi-2. The molecule has 0 fully saturated rings. The van der Waals surface area contributed by atoms with E-state index < -0.39 is 228 Å². The number of nitrogens with zero attached hydrogens (tertiary/aromatic N) is 4. The Morgan fingerprint density at radius 2 is 1.08 bits per heavy atom. The Kier molecular flexibility index (Phi) is 9.80. The van der Waals surface area contributed by atoms with Crippen LogP contribution in [0.2, 0.25) is 6.04 Å². The second-order valence-corrected chi connectivity index (χ2v) is 29.6. The van der Waals surface area contributed by atoms with Gasteiger partial charge in [0.15, 0.2) is 0 Å². The molecule has 1 aliphatic heterocycles. The van der Waals surface area contributed by atoms with Gasteiger partial charge in [0.25, 0.3) is 6.33 Å². The molecule has 0 N–H and O–H groups in total. The molecule has 12 aromatic carbocycles. The van der Waals surface area contributed by atoms with E-state index >= 15 is 0 Å². The smallest absolute Gasteiger partial charge is 0.268 e. The van der Waals surface area contributed by atoms with E-state index in [0.717, 1.165) is 27.4 Å². The minimum absolute atomic E-state index is 0. The van der Waals surface area contributed by atoms with Crippen molar-refractivity contribution in [2.45, 2.75) is 78.5 Å². The van der Waals surface area contributed by atoms with Crippen molar-refractivity contribution in [3.05, 3.63) is 325 Å². The van der Waals surface area contributed by atoms with Crippen LogP contribution in [0.25, 0.3) is 106 Å². The van der Waals surface area contributed by atoms with Crippen LogP contribution in [0.3, 0.4) is 0 Å². The van der Waals surface area contributed by atoms with E-state index in [2.05, 4.69) is 39.2 Å². The summed E-state index contributed by atoms with van der Waals surface area (Å²) >= 11 is 0. The number of para-hydroxylation sites is 1. The van der Waals surface area contributed by atoms with Crippen molar-refractivity contribution in [1.29, 1.82) is 0 Å². The number of rotatable bonds is 12. The first kappa shape index (κ1) is 37.9. The quantitative estimate of drug-likeness (QED) is 0.0529. The summed E-state index contributed by atoms with van der Waals surface area (Å²) in [5, 5.41) is -0.569. The predicted octanol–water partition coefficient (Wildman–Crippen LogP) is 20.2. The summed E-state index contributed by atoms with van der Waals surface area (Å²) in [6.45, 7) is 6.14. The molecule has 0 aliphatic carbocycles. The molecule has 7 heteroatoms. The van der Waals surface area contributed by atoms with E-state index in [9.17, 15) is 27.4 Å². The summed E-state index contributed by atoms with van der Waals surface area (Å²) in [5.74, 6) is 0.840. The number of imidazole rings is 1. The van der Waals surface area contributed by atoms with Gasteiger partial charge in [-0.15, -0.1) is 29.7 Å². The summed E-state index contributed by atoms with van der Waals surface area (Å²) < 4.78 is 288. The molecule has 15 aromatic rings. The van der Waals surface area contributed by atoms with Crippen LogP contribution in [0.1, 0.15) is 109 Å². The maximum absolute atomic E-state index is 10.4. The second-order valence-electron chi connectivity index (χ2n) is 25.8. The largest absolute Gasteiger partial charge is 0.510 e. The summed E-state index contributed by atoms with van der Waals surface area (Å²) in [5.41, 5.74) is -0.817. The zero-order valence-corrected chi connectivity index (χ0v) is 56.5. The van der Waals surface area contributed by atoms with Gasteiger partial charge in [-0.2, -0.15) is 18.2 Å². The zero-order valence-electron chi connectivity index (χ0n) is 82.2. The Morgan fingerprint density at radius 1 is 0.505 bits per heavy atom. The Hall–Kier alpha value is -10.2. The number of fused-ring (bicyclic) bond motifs is 10. The van der Waals surface area contributed by atoms with E-state index in [1.54, 1.807) is 54.7 Å². The molecule has 0 saturated heterocycles. The first-order valence-electron chi connectivity index (χ1n) is 45.7.